The lowest BCUT2D eigenvalue weighted by Crippen LogP contribution is -2.19. The van der Waals surface area contributed by atoms with E-state index < -0.39 is 15.8 Å². The molecular formula is C8H8Cl2FNO2S. The first-order chi connectivity index (χ1) is 6.92. The molecule has 1 aromatic carbocycles. The molecule has 0 fully saturated rings. The molecule has 0 atom stereocenters. The summed E-state index contributed by atoms with van der Waals surface area (Å²) in [6.45, 7) is 0. The van der Waals surface area contributed by atoms with Gasteiger partial charge in [0.2, 0.25) is 10.0 Å². The van der Waals surface area contributed by atoms with Crippen LogP contribution in [0.3, 0.4) is 0 Å². The van der Waals surface area contributed by atoms with Crippen LogP contribution in [0.2, 0.25) is 5.02 Å². The number of benzene rings is 1. The van der Waals surface area contributed by atoms with E-state index in [9.17, 15) is 12.8 Å². The van der Waals surface area contributed by atoms with Gasteiger partial charge in [0.15, 0.2) is 0 Å². The molecule has 3 nitrogen and oxygen atoms in total. The van der Waals surface area contributed by atoms with Gasteiger partial charge in [0.25, 0.3) is 0 Å². The molecule has 0 aromatic heterocycles. The minimum absolute atomic E-state index is 0.0528. The van der Waals surface area contributed by atoms with Crippen molar-refractivity contribution in [3.8, 4) is 0 Å². The average Bonchev–Trinajstić information content (AvgIpc) is 2.21. The number of hydrogen-bond donors (Lipinski definition) is 1. The minimum Gasteiger partial charge on any atom is -0.214 e. The highest BCUT2D eigenvalue weighted by molar-refractivity contribution is 7.89. The van der Waals surface area contributed by atoms with Crippen molar-refractivity contribution in [2.75, 3.05) is 7.05 Å². The summed E-state index contributed by atoms with van der Waals surface area (Å²) < 4.78 is 38.0. The van der Waals surface area contributed by atoms with E-state index in [-0.39, 0.29) is 21.4 Å². The standard InChI is InChI=1S/C8H8Cl2FNO2S/c1-12-15(13,14)6-2-5(4-9)8(10)7(11)3-6/h2-3,12H,4H2,1H3. The monoisotopic (exact) mass is 271 g/mol. The van der Waals surface area contributed by atoms with E-state index in [4.69, 9.17) is 23.2 Å². The number of halogens is 3. The van der Waals surface area contributed by atoms with E-state index >= 15 is 0 Å². The molecule has 0 bridgehead atoms. The Hall–Kier alpha value is -0.360. The van der Waals surface area contributed by atoms with Crippen molar-refractivity contribution < 1.29 is 12.8 Å². The van der Waals surface area contributed by atoms with Crippen molar-refractivity contribution >= 4 is 33.2 Å². The second-order valence-corrected chi connectivity index (χ2v) is 5.25. The van der Waals surface area contributed by atoms with Crippen LogP contribution in [0.4, 0.5) is 4.39 Å². The second kappa shape index (κ2) is 4.65. The van der Waals surface area contributed by atoms with Crippen LogP contribution in [0.25, 0.3) is 0 Å². The molecule has 0 aliphatic carbocycles. The Kier molecular flexibility index (Phi) is 3.94. The average molecular weight is 272 g/mol. The van der Waals surface area contributed by atoms with E-state index in [1.807, 2.05) is 0 Å². The fraction of sp³-hybridized carbons (Fsp3) is 0.250. The molecule has 84 valence electrons. The first-order valence-electron chi connectivity index (χ1n) is 3.90. The maximum Gasteiger partial charge on any atom is 0.240 e. The molecule has 0 aliphatic heterocycles. The molecule has 15 heavy (non-hydrogen) atoms. The zero-order valence-corrected chi connectivity index (χ0v) is 10.0. The van der Waals surface area contributed by atoms with Gasteiger partial charge in [-0.15, -0.1) is 11.6 Å². The van der Waals surface area contributed by atoms with Crippen molar-refractivity contribution in [2.24, 2.45) is 0 Å². The highest BCUT2D eigenvalue weighted by Gasteiger charge is 2.16. The molecule has 0 aliphatic rings. The summed E-state index contributed by atoms with van der Waals surface area (Å²) in [4.78, 5) is -0.192. The Labute approximate surface area is 97.2 Å². The van der Waals surface area contributed by atoms with Gasteiger partial charge in [-0.1, -0.05) is 11.6 Å². The smallest absolute Gasteiger partial charge is 0.214 e. The van der Waals surface area contributed by atoms with E-state index in [2.05, 4.69) is 4.72 Å². The Morgan fingerprint density at radius 2 is 2.07 bits per heavy atom. The van der Waals surface area contributed by atoms with Gasteiger partial charge in [-0.3, -0.25) is 0 Å². The summed E-state index contributed by atoms with van der Waals surface area (Å²) in [6.07, 6.45) is 0. The summed E-state index contributed by atoms with van der Waals surface area (Å²) in [6, 6.07) is 2.09. The van der Waals surface area contributed by atoms with Crippen molar-refractivity contribution in [1.29, 1.82) is 0 Å². The highest BCUT2D eigenvalue weighted by atomic mass is 35.5. The lowest BCUT2D eigenvalue weighted by atomic mass is 10.2. The van der Waals surface area contributed by atoms with Crippen LogP contribution in [0.5, 0.6) is 0 Å². The summed E-state index contributed by atoms with van der Waals surface area (Å²) in [5.74, 6) is -0.855. The predicted molar refractivity (Wildman–Crippen MR) is 57.2 cm³/mol. The van der Waals surface area contributed by atoms with Gasteiger partial charge in [-0.25, -0.2) is 17.5 Å². The number of hydrogen-bond acceptors (Lipinski definition) is 2. The first-order valence-corrected chi connectivity index (χ1v) is 6.29. The van der Waals surface area contributed by atoms with Crippen molar-refractivity contribution in [2.45, 2.75) is 10.8 Å². The summed E-state index contributed by atoms with van der Waals surface area (Å²) in [7, 11) is -2.44. The van der Waals surface area contributed by atoms with Crippen molar-refractivity contribution in [1.82, 2.24) is 4.72 Å². The molecule has 0 unspecified atom stereocenters. The molecule has 1 N–H and O–H groups in total. The van der Waals surface area contributed by atoms with Crippen LogP contribution >= 0.6 is 23.2 Å². The third kappa shape index (κ3) is 2.60. The molecule has 1 aromatic rings. The zero-order valence-electron chi connectivity index (χ0n) is 7.72. The molecule has 1 rings (SSSR count). The zero-order chi connectivity index (χ0) is 11.6. The van der Waals surface area contributed by atoms with Crippen LogP contribution in [0.15, 0.2) is 17.0 Å². The van der Waals surface area contributed by atoms with E-state index in [1.165, 1.54) is 13.1 Å². The van der Waals surface area contributed by atoms with Crippen molar-refractivity contribution in [3.63, 3.8) is 0 Å². The van der Waals surface area contributed by atoms with Gasteiger partial charge in [-0.2, -0.15) is 0 Å². The molecule has 7 heteroatoms. The van der Waals surface area contributed by atoms with Crippen LogP contribution in [-0.4, -0.2) is 15.5 Å². The third-order valence-corrected chi connectivity index (χ3v) is 3.91. The molecule has 0 saturated heterocycles. The van der Waals surface area contributed by atoms with Crippen LogP contribution < -0.4 is 4.72 Å². The number of sulfonamides is 1. The van der Waals surface area contributed by atoms with Gasteiger partial charge in [-0.05, 0) is 24.7 Å². The highest BCUT2D eigenvalue weighted by Crippen LogP contribution is 2.25. The minimum atomic E-state index is -3.68. The molecular weight excluding hydrogens is 264 g/mol. The first kappa shape index (κ1) is 12.7. The van der Waals surface area contributed by atoms with Crippen LogP contribution in [-0.2, 0) is 15.9 Å². The third-order valence-electron chi connectivity index (χ3n) is 1.80. The van der Waals surface area contributed by atoms with Gasteiger partial charge >= 0.3 is 0 Å². The van der Waals surface area contributed by atoms with E-state index in [1.54, 1.807) is 0 Å². The molecule has 0 spiro atoms. The predicted octanol–water partition coefficient (Wildman–Crippen LogP) is 2.13. The normalized spacial score (nSPS) is 11.7. The summed E-state index contributed by atoms with van der Waals surface area (Å²) in [5, 5.41) is -0.153. The Morgan fingerprint density at radius 3 is 2.53 bits per heavy atom. The fourth-order valence-corrected chi connectivity index (χ4v) is 2.24. The quantitative estimate of drug-likeness (QED) is 0.857. The van der Waals surface area contributed by atoms with Gasteiger partial charge < -0.3 is 0 Å². The molecule has 0 heterocycles. The maximum absolute atomic E-state index is 13.2. The molecule has 0 amide bonds. The SMILES string of the molecule is CNS(=O)(=O)c1cc(F)c(Cl)c(CCl)c1. The lowest BCUT2D eigenvalue weighted by Gasteiger charge is -2.06. The number of alkyl halides is 1. The van der Waals surface area contributed by atoms with Gasteiger partial charge in [0, 0.05) is 5.88 Å². The molecule has 0 radical (unpaired) electrons. The Balaban J connectivity index is 3.42. The topological polar surface area (TPSA) is 46.2 Å². The number of rotatable bonds is 3. The summed E-state index contributed by atoms with van der Waals surface area (Å²) in [5.41, 5.74) is 0.243. The lowest BCUT2D eigenvalue weighted by molar-refractivity contribution is 0.583. The Morgan fingerprint density at radius 1 is 1.47 bits per heavy atom. The Bertz CT molecular complexity index is 476. The van der Waals surface area contributed by atoms with Crippen LogP contribution in [0.1, 0.15) is 5.56 Å². The second-order valence-electron chi connectivity index (χ2n) is 2.72. The fourth-order valence-electron chi connectivity index (χ4n) is 0.989. The maximum atomic E-state index is 13.2. The largest absolute Gasteiger partial charge is 0.240 e. The van der Waals surface area contributed by atoms with Gasteiger partial charge in [0.05, 0.1) is 9.92 Å². The van der Waals surface area contributed by atoms with Crippen molar-refractivity contribution in [3.05, 3.63) is 28.5 Å². The van der Waals surface area contributed by atoms with Gasteiger partial charge in [0.1, 0.15) is 5.82 Å². The van der Waals surface area contributed by atoms with E-state index in [0.29, 0.717) is 0 Å². The number of nitrogens with one attached hydrogen (secondary N) is 1. The summed E-state index contributed by atoms with van der Waals surface area (Å²) >= 11 is 11.1. The molecule has 0 saturated carbocycles. The van der Waals surface area contributed by atoms with E-state index in [0.717, 1.165) is 6.07 Å². The van der Waals surface area contributed by atoms with Crippen LogP contribution in [0, 0.1) is 5.82 Å².